The van der Waals surface area contributed by atoms with E-state index in [2.05, 4.69) is 16.0 Å². The first kappa shape index (κ1) is 16.0. The molecule has 5 heteroatoms. The highest BCUT2D eigenvalue weighted by Gasteiger charge is 2.21. The van der Waals surface area contributed by atoms with Crippen molar-refractivity contribution in [2.75, 3.05) is 13.6 Å². The van der Waals surface area contributed by atoms with Crippen LogP contribution in [0.25, 0.3) is 15.8 Å². The predicted molar refractivity (Wildman–Crippen MR) is 94.3 cm³/mol. The van der Waals surface area contributed by atoms with E-state index < -0.39 is 0 Å². The predicted octanol–water partition coefficient (Wildman–Crippen LogP) is 4.35. The summed E-state index contributed by atoms with van der Waals surface area (Å²) in [7, 11) is 2.03. The highest BCUT2D eigenvalue weighted by Crippen LogP contribution is 2.29. The number of aliphatic hydroxyl groups is 1. The first-order chi connectivity index (χ1) is 11.2. The summed E-state index contributed by atoms with van der Waals surface area (Å²) in [6.07, 6.45) is 6.16. The normalized spacial score (nSPS) is 17.3. The summed E-state index contributed by atoms with van der Waals surface area (Å²) < 4.78 is 1.03. The summed E-state index contributed by atoms with van der Waals surface area (Å²) in [6, 6.07) is 10.4. The van der Waals surface area contributed by atoms with E-state index in [1.165, 1.54) is 43.4 Å². The topological polar surface area (TPSA) is 60.1 Å². The third-order valence-electron chi connectivity index (χ3n) is 4.51. The molecule has 1 fully saturated rings. The smallest absolute Gasteiger partial charge is 0.138 e. The van der Waals surface area contributed by atoms with E-state index in [0.717, 1.165) is 10.2 Å². The van der Waals surface area contributed by atoms with Crippen LogP contribution in [-0.4, -0.2) is 34.6 Å². The van der Waals surface area contributed by atoms with E-state index in [1.54, 1.807) is 0 Å². The zero-order valence-electron chi connectivity index (χ0n) is 13.3. The van der Waals surface area contributed by atoms with E-state index in [1.807, 2.05) is 31.3 Å². The summed E-state index contributed by atoms with van der Waals surface area (Å²) in [5.74, 6) is 0.125. The van der Waals surface area contributed by atoms with Crippen LogP contribution < -0.4 is 0 Å². The van der Waals surface area contributed by atoms with Crippen LogP contribution in [0, 0.1) is 11.3 Å². The number of allylic oxidation sites excluding steroid dienone is 1. The number of likely N-dealkylation sites (N-methyl/N-ethyl adjacent to an activating group) is 1. The molecule has 1 heterocycles. The summed E-state index contributed by atoms with van der Waals surface area (Å²) in [4.78, 5) is 6.65. The Kier molecular flexibility index (Phi) is 4.94. The number of fused-ring (bicyclic) bond motifs is 1. The molecule has 2 aromatic rings. The van der Waals surface area contributed by atoms with Gasteiger partial charge in [0.1, 0.15) is 22.4 Å². The summed E-state index contributed by atoms with van der Waals surface area (Å²) in [6.45, 7) is 0.406. The minimum Gasteiger partial charge on any atom is -0.509 e. The van der Waals surface area contributed by atoms with Crippen molar-refractivity contribution < 1.29 is 5.11 Å². The van der Waals surface area contributed by atoms with Gasteiger partial charge in [0.05, 0.1) is 16.8 Å². The summed E-state index contributed by atoms with van der Waals surface area (Å²) >= 11 is 1.45. The van der Waals surface area contributed by atoms with Gasteiger partial charge in [-0.05, 0) is 32.0 Å². The molecule has 4 nitrogen and oxygen atoms in total. The average Bonchev–Trinajstić information content (AvgIpc) is 2.99. The Bertz CT molecular complexity index is 720. The maximum absolute atomic E-state index is 10.5. The van der Waals surface area contributed by atoms with Crippen molar-refractivity contribution >= 4 is 27.1 Å². The van der Waals surface area contributed by atoms with Crippen LogP contribution >= 0.6 is 11.3 Å². The van der Waals surface area contributed by atoms with E-state index in [-0.39, 0.29) is 5.76 Å². The van der Waals surface area contributed by atoms with Crippen molar-refractivity contribution in [1.29, 1.82) is 5.26 Å². The van der Waals surface area contributed by atoms with Gasteiger partial charge in [-0.15, -0.1) is 11.3 Å². The lowest BCUT2D eigenvalue weighted by Gasteiger charge is -2.30. The fraction of sp³-hybridized carbons (Fsp3) is 0.444. The molecule has 0 aliphatic heterocycles. The number of para-hydroxylation sites is 1. The summed E-state index contributed by atoms with van der Waals surface area (Å²) in [5.41, 5.74) is 1.17. The number of rotatable bonds is 4. The van der Waals surface area contributed by atoms with Crippen molar-refractivity contribution in [3.63, 3.8) is 0 Å². The Hall–Kier alpha value is -1.90. The molecule has 0 spiro atoms. The fourth-order valence-corrected chi connectivity index (χ4v) is 4.16. The molecule has 0 radical (unpaired) electrons. The van der Waals surface area contributed by atoms with Crippen LogP contribution in [0.5, 0.6) is 0 Å². The number of hydrogen-bond acceptors (Lipinski definition) is 5. The van der Waals surface area contributed by atoms with Crippen LogP contribution in [0.4, 0.5) is 0 Å². The second-order valence-electron chi connectivity index (χ2n) is 6.13. The second-order valence-corrected chi connectivity index (χ2v) is 7.16. The minimum atomic E-state index is 0.125. The Morgan fingerprint density at radius 2 is 2.09 bits per heavy atom. The monoisotopic (exact) mass is 327 g/mol. The molecule has 0 saturated heterocycles. The Balaban J connectivity index is 1.82. The average molecular weight is 327 g/mol. The lowest BCUT2D eigenvalue weighted by molar-refractivity contribution is 0.184. The molecule has 0 bridgehead atoms. The Labute approximate surface area is 140 Å². The molecule has 0 atom stereocenters. The van der Waals surface area contributed by atoms with Crippen LogP contribution in [-0.2, 0) is 0 Å². The Morgan fingerprint density at radius 3 is 2.78 bits per heavy atom. The molecule has 1 saturated carbocycles. The third-order valence-corrected chi connectivity index (χ3v) is 5.56. The SMILES string of the molecule is CN(CC(O)=C(C#N)c1nc2ccccc2s1)C1CCCCC1. The Morgan fingerprint density at radius 1 is 1.35 bits per heavy atom. The van der Waals surface area contributed by atoms with Gasteiger partial charge in [0.15, 0.2) is 0 Å². The molecule has 3 rings (SSSR count). The van der Waals surface area contributed by atoms with Crippen LogP contribution in [0.2, 0.25) is 0 Å². The lowest BCUT2D eigenvalue weighted by Crippen LogP contribution is -2.35. The number of aromatic nitrogens is 1. The van der Waals surface area contributed by atoms with Crippen LogP contribution in [0.3, 0.4) is 0 Å². The van der Waals surface area contributed by atoms with Crippen molar-refractivity contribution in [3.05, 3.63) is 35.0 Å². The zero-order chi connectivity index (χ0) is 16.2. The molecule has 1 aliphatic rings. The second kappa shape index (κ2) is 7.12. The van der Waals surface area contributed by atoms with Gasteiger partial charge in [-0.1, -0.05) is 31.4 Å². The van der Waals surface area contributed by atoms with E-state index in [0.29, 0.717) is 23.2 Å². The highest BCUT2D eigenvalue weighted by atomic mass is 32.1. The number of thiazole rings is 1. The fourth-order valence-electron chi connectivity index (χ4n) is 3.18. The highest BCUT2D eigenvalue weighted by molar-refractivity contribution is 7.19. The number of hydrogen-bond donors (Lipinski definition) is 1. The van der Waals surface area contributed by atoms with Gasteiger partial charge in [-0.3, -0.25) is 4.90 Å². The van der Waals surface area contributed by atoms with Gasteiger partial charge >= 0.3 is 0 Å². The van der Waals surface area contributed by atoms with Crippen molar-refractivity contribution in [1.82, 2.24) is 9.88 Å². The molecule has 120 valence electrons. The molecular weight excluding hydrogens is 306 g/mol. The number of nitriles is 1. The maximum Gasteiger partial charge on any atom is 0.138 e. The van der Waals surface area contributed by atoms with E-state index >= 15 is 0 Å². The van der Waals surface area contributed by atoms with E-state index in [9.17, 15) is 10.4 Å². The van der Waals surface area contributed by atoms with Gasteiger partial charge in [0.2, 0.25) is 0 Å². The van der Waals surface area contributed by atoms with E-state index in [4.69, 9.17) is 0 Å². The molecule has 1 aliphatic carbocycles. The minimum absolute atomic E-state index is 0.125. The molecule has 1 aromatic heterocycles. The van der Waals surface area contributed by atoms with Crippen LogP contribution in [0.15, 0.2) is 30.0 Å². The van der Waals surface area contributed by atoms with Gasteiger partial charge in [-0.2, -0.15) is 5.26 Å². The standard InChI is InChI=1S/C18H21N3OS/c1-21(13-7-3-2-4-8-13)12-16(22)14(11-19)18-20-15-9-5-6-10-17(15)23-18/h5-6,9-10,13,22H,2-4,7-8,12H2,1H3. The van der Waals surface area contributed by atoms with Crippen LogP contribution in [0.1, 0.15) is 37.1 Å². The molecule has 1 N–H and O–H groups in total. The van der Waals surface area contributed by atoms with Gasteiger partial charge < -0.3 is 5.11 Å². The molecule has 0 amide bonds. The number of benzene rings is 1. The van der Waals surface area contributed by atoms with Gasteiger partial charge in [-0.25, -0.2) is 4.98 Å². The first-order valence-electron chi connectivity index (χ1n) is 8.07. The number of nitrogens with zero attached hydrogens (tertiary/aromatic N) is 3. The van der Waals surface area contributed by atoms with Gasteiger partial charge in [0, 0.05) is 6.04 Å². The zero-order valence-corrected chi connectivity index (χ0v) is 14.1. The number of aliphatic hydroxyl groups excluding tert-OH is 1. The van der Waals surface area contributed by atoms with Crippen molar-refractivity contribution in [2.45, 2.75) is 38.1 Å². The quantitative estimate of drug-likeness (QED) is 0.670. The molecule has 0 unspecified atom stereocenters. The third kappa shape index (κ3) is 3.54. The van der Waals surface area contributed by atoms with Crippen molar-refractivity contribution in [3.8, 4) is 6.07 Å². The largest absolute Gasteiger partial charge is 0.509 e. The molecular formula is C18H21N3OS. The molecule has 1 aromatic carbocycles. The first-order valence-corrected chi connectivity index (χ1v) is 8.89. The van der Waals surface area contributed by atoms with Crippen molar-refractivity contribution in [2.24, 2.45) is 0 Å². The molecule has 23 heavy (non-hydrogen) atoms. The lowest BCUT2D eigenvalue weighted by atomic mass is 9.94. The summed E-state index contributed by atoms with van der Waals surface area (Å²) in [5, 5.41) is 20.5. The maximum atomic E-state index is 10.5. The van der Waals surface area contributed by atoms with Gasteiger partial charge in [0.25, 0.3) is 0 Å².